The van der Waals surface area contributed by atoms with Crippen molar-refractivity contribution in [3.8, 4) is 5.75 Å². The number of anilines is 1. The lowest BCUT2D eigenvalue weighted by Gasteiger charge is -2.48. The Morgan fingerprint density at radius 1 is 1.15 bits per heavy atom. The van der Waals surface area contributed by atoms with E-state index in [-0.39, 0.29) is 5.60 Å². The lowest BCUT2D eigenvalue weighted by atomic mass is 9.90. The molecule has 2 fully saturated rings. The van der Waals surface area contributed by atoms with E-state index in [9.17, 15) is 0 Å². The highest BCUT2D eigenvalue weighted by molar-refractivity contribution is 5.50. The van der Waals surface area contributed by atoms with E-state index in [1.807, 2.05) is 30.6 Å². The first-order valence-corrected chi connectivity index (χ1v) is 9.41. The monoisotopic (exact) mass is 353 g/mol. The summed E-state index contributed by atoms with van der Waals surface area (Å²) in [7, 11) is 1.71. The van der Waals surface area contributed by atoms with Crippen molar-refractivity contribution in [3.63, 3.8) is 0 Å². The van der Waals surface area contributed by atoms with E-state index in [1.54, 1.807) is 7.11 Å². The molecule has 5 heteroatoms. The second kappa shape index (κ2) is 7.64. The average Bonchev–Trinajstić information content (AvgIpc) is 2.69. The molecule has 4 rings (SSSR count). The van der Waals surface area contributed by atoms with Gasteiger partial charge in [0.15, 0.2) is 0 Å². The second-order valence-corrected chi connectivity index (χ2v) is 7.33. The van der Waals surface area contributed by atoms with Gasteiger partial charge in [-0.2, -0.15) is 0 Å². The van der Waals surface area contributed by atoms with Gasteiger partial charge in [0.25, 0.3) is 0 Å². The van der Waals surface area contributed by atoms with Gasteiger partial charge in [-0.1, -0.05) is 6.07 Å². The Morgan fingerprint density at radius 2 is 2.04 bits per heavy atom. The summed E-state index contributed by atoms with van der Waals surface area (Å²) in [5.41, 5.74) is 2.45. The standard InChI is InChI=1S/C21H27N3O2/c1-25-20-7-5-19(6-8-20)24-11-3-9-21(17-24)16-23(12-13-26-21)15-18-4-2-10-22-14-18/h2,4-8,10,14H,3,9,11-13,15-17H2,1H3/t21-/m0/s1. The first kappa shape index (κ1) is 17.3. The van der Waals surface area contributed by atoms with Crippen LogP contribution in [0.2, 0.25) is 0 Å². The van der Waals surface area contributed by atoms with Crippen molar-refractivity contribution in [2.75, 3.05) is 44.8 Å². The quantitative estimate of drug-likeness (QED) is 0.845. The van der Waals surface area contributed by atoms with Crippen LogP contribution in [-0.4, -0.2) is 55.4 Å². The fourth-order valence-electron chi connectivity index (χ4n) is 4.17. The molecular weight excluding hydrogens is 326 g/mol. The van der Waals surface area contributed by atoms with Gasteiger partial charge in [0, 0.05) is 50.8 Å². The average molecular weight is 353 g/mol. The van der Waals surface area contributed by atoms with Crippen LogP contribution in [0.25, 0.3) is 0 Å². The van der Waals surface area contributed by atoms with Crippen LogP contribution < -0.4 is 9.64 Å². The van der Waals surface area contributed by atoms with Gasteiger partial charge >= 0.3 is 0 Å². The maximum atomic E-state index is 6.35. The van der Waals surface area contributed by atoms with Crippen molar-refractivity contribution in [3.05, 3.63) is 54.4 Å². The number of pyridine rings is 1. The maximum Gasteiger partial charge on any atom is 0.119 e. The molecule has 3 heterocycles. The highest BCUT2D eigenvalue weighted by Crippen LogP contribution is 2.32. The Morgan fingerprint density at radius 3 is 2.81 bits per heavy atom. The Labute approximate surface area is 155 Å². The van der Waals surface area contributed by atoms with Crippen molar-refractivity contribution in [2.45, 2.75) is 25.0 Å². The molecule has 0 bridgehead atoms. The molecule has 138 valence electrons. The molecule has 0 radical (unpaired) electrons. The fraction of sp³-hybridized carbons (Fsp3) is 0.476. The molecule has 1 aromatic heterocycles. The van der Waals surface area contributed by atoms with Crippen LogP contribution >= 0.6 is 0 Å². The SMILES string of the molecule is COc1ccc(N2CCC[C@]3(CN(Cc4cccnc4)CCO3)C2)cc1. The molecule has 0 unspecified atom stereocenters. The van der Waals surface area contributed by atoms with Crippen molar-refractivity contribution in [2.24, 2.45) is 0 Å². The van der Waals surface area contributed by atoms with Crippen molar-refractivity contribution < 1.29 is 9.47 Å². The number of benzene rings is 1. The molecule has 5 nitrogen and oxygen atoms in total. The van der Waals surface area contributed by atoms with Crippen molar-refractivity contribution in [1.29, 1.82) is 0 Å². The summed E-state index contributed by atoms with van der Waals surface area (Å²) in [6.07, 6.45) is 6.08. The van der Waals surface area contributed by atoms with Crippen LogP contribution in [0.3, 0.4) is 0 Å². The minimum atomic E-state index is -0.0708. The molecular formula is C21H27N3O2. The molecule has 0 aliphatic carbocycles. The Balaban J connectivity index is 1.44. The molecule has 26 heavy (non-hydrogen) atoms. The highest BCUT2D eigenvalue weighted by atomic mass is 16.5. The van der Waals surface area contributed by atoms with Crippen molar-refractivity contribution >= 4 is 5.69 Å². The lowest BCUT2D eigenvalue weighted by molar-refractivity contribution is -0.116. The third kappa shape index (κ3) is 3.84. The first-order valence-electron chi connectivity index (χ1n) is 9.41. The van der Waals surface area contributed by atoms with Crippen LogP contribution in [0.4, 0.5) is 5.69 Å². The van der Waals surface area contributed by atoms with Gasteiger partial charge in [-0.05, 0) is 48.7 Å². The molecule has 2 aromatic rings. The molecule has 2 aliphatic rings. The summed E-state index contributed by atoms with van der Waals surface area (Å²) < 4.78 is 11.6. The summed E-state index contributed by atoms with van der Waals surface area (Å²) in [6.45, 7) is 5.74. The number of ether oxygens (including phenoxy) is 2. The van der Waals surface area contributed by atoms with Crippen LogP contribution in [0.5, 0.6) is 5.75 Å². The van der Waals surface area contributed by atoms with Gasteiger partial charge in [0.05, 0.1) is 19.3 Å². The zero-order chi connectivity index (χ0) is 17.8. The number of methoxy groups -OCH3 is 1. The Kier molecular flexibility index (Phi) is 5.09. The molecule has 1 atom stereocenters. The minimum absolute atomic E-state index is 0.0708. The number of nitrogens with zero attached hydrogens (tertiary/aromatic N) is 3. The van der Waals surface area contributed by atoms with Crippen LogP contribution in [0, 0.1) is 0 Å². The summed E-state index contributed by atoms with van der Waals surface area (Å²) in [5.74, 6) is 0.900. The van der Waals surface area contributed by atoms with E-state index in [0.29, 0.717) is 0 Å². The van der Waals surface area contributed by atoms with Crippen LogP contribution in [0.1, 0.15) is 18.4 Å². The Bertz CT molecular complexity index is 703. The number of hydrogen-bond donors (Lipinski definition) is 0. The zero-order valence-corrected chi connectivity index (χ0v) is 15.4. The van der Waals surface area contributed by atoms with Gasteiger partial charge in [-0.3, -0.25) is 9.88 Å². The number of rotatable bonds is 4. The molecule has 1 spiro atoms. The third-order valence-corrected chi connectivity index (χ3v) is 5.43. The van der Waals surface area contributed by atoms with E-state index in [0.717, 1.165) is 57.9 Å². The van der Waals surface area contributed by atoms with E-state index in [2.05, 4.69) is 33.0 Å². The summed E-state index contributed by atoms with van der Waals surface area (Å²) in [5, 5.41) is 0. The largest absolute Gasteiger partial charge is 0.497 e. The molecule has 0 N–H and O–H groups in total. The number of piperidine rings is 1. The lowest BCUT2D eigenvalue weighted by Crippen LogP contribution is -2.59. The van der Waals surface area contributed by atoms with E-state index in [4.69, 9.17) is 9.47 Å². The molecule has 2 saturated heterocycles. The second-order valence-electron chi connectivity index (χ2n) is 7.33. The summed E-state index contributed by atoms with van der Waals surface area (Å²) >= 11 is 0. The van der Waals surface area contributed by atoms with Crippen molar-refractivity contribution in [1.82, 2.24) is 9.88 Å². The van der Waals surface area contributed by atoms with Gasteiger partial charge in [-0.25, -0.2) is 0 Å². The van der Waals surface area contributed by atoms with E-state index < -0.39 is 0 Å². The van der Waals surface area contributed by atoms with Gasteiger partial charge in [0.1, 0.15) is 5.75 Å². The molecule has 0 saturated carbocycles. The smallest absolute Gasteiger partial charge is 0.119 e. The number of morpholine rings is 1. The van der Waals surface area contributed by atoms with Gasteiger partial charge in [0.2, 0.25) is 0 Å². The summed E-state index contributed by atoms with van der Waals surface area (Å²) in [4.78, 5) is 9.21. The van der Waals surface area contributed by atoms with Crippen LogP contribution in [-0.2, 0) is 11.3 Å². The predicted octanol–water partition coefficient (Wildman–Crippen LogP) is 2.96. The van der Waals surface area contributed by atoms with E-state index >= 15 is 0 Å². The number of aromatic nitrogens is 1. The minimum Gasteiger partial charge on any atom is -0.497 e. The van der Waals surface area contributed by atoms with E-state index in [1.165, 1.54) is 11.3 Å². The van der Waals surface area contributed by atoms with Crippen LogP contribution in [0.15, 0.2) is 48.8 Å². The van der Waals surface area contributed by atoms with Gasteiger partial charge < -0.3 is 14.4 Å². The Hall–Kier alpha value is -2.11. The normalized spacial score (nSPS) is 24.0. The topological polar surface area (TPSA) is 37.8 Å². The molecule has 2 aliphatic heterocycles. The number of hydrogen-bond acceptors (Lipinski definition) is 5. The maximum absolute atomic E-state index is 6.35. The van der Waals surface area contributed by atoms with Gasteiger partial charge in [-0.15, -0.1) is 0 Å². The highest BCUT2D eigenvalue weighted by Gasteiger charge is 2.40. The molecule has 1 aromatic carbocycles. The zero-order valence-electron chi connectivity index (χ0n) is 15.4. The predicted molar refractivity (Wildman–Crippen MR) is 103 cm³/mol. The third-order valence-electron chi connectivity index (χ3n) is 5.43. The fourth-order valence-corrected chi connectivity index (χ4v) is 4.17. The summed E-state index contributed by atoms with van der Waals surface area (Å²) in [6, 6.07) is 12.5. The molecule has 0 amide bonds. The first-order chi connectivity index (χ1) is 12.8.